The third kappa shape index (κ3) is 12.0. The maximum Gasteiger partial charge on any atom is 0.191 e. The van der Waals surface area contributed by atoms with Gasteiger partial charge in [-0.05, 0) is 43.4 Å². The number of ether oxygens (including phenoxy) is 2. The van der Waals surface area contributed by atoms with Crippen molar-refractivity contribution in [3.05, 3.63) is 29.8 Å². The minimum atomic E-state index is 0. The third-order valence-corrected chi connectivity index (χ3v) is 3.40. The highest BCUT2D eigenvalue weighted by atomic mass is 127. The lowest BCUT2D eigenvalue weighted by Crippen LogP contribution is -2.37. The van der Waals surface area contributed by atoms with E-state index >= 15 is 0 Å². The van der Waals surface area contributed by atoms with E-state index in [2.05, 4.69) is 41.6 Å². The number of benzene rings is 1. The summed E-state index contributed by atoms with van der Waals surface area (Å²) < 4.78 is 11.0. The Morgan fingerprint density at radius 1 is 1.12 bits per heavy atom. The summed E-state index contributed by atoms with van der Waals surface area (Å²) in [5, 5.41) is 6.64. The van der Waals surface area contributed by atoms with E-state index < -0.39 is 0 Å². The Labute approximate surface area is 170 Å². The lowest BCUT2D eigenvalue weighted by molar-refractivity contribution is 0.143. The number of unbranched alkanes of at least 4 members (excludes halogenated alkanes) is 1. The average Bonchev–Trinajstić information content (AvgIpc) is 2.59. The largest absolute Gasteiger partial charge is 0.493 e. The van der Waals surface area contributed by atoms with Crippen LogP contribution in [0.1, 0.15) is 39.2 Å². The van der Waals surface area contributed by atoms with Crippen molar-refractivity contribution in [2.75, 3.05) is 33.4 Å². The van der Waals surface area contributed by atoms with E-state index in [9.17, 15) is 0 Å². The van der Waals surface area contributed by atoms with Gasteiger partial charge >= 0.3 is 0 Å². The maximum absolute atomic E-state index is 5.70. The molecule has 0 amide bonds. The smallest absolute Gasteiger partial charge is 0.191 e. The fourth-order valence-corrected chi connectivity index (χ4v) is 2.05. The van der Waals surface area contributed by atoms with Gasteiger partial charge in [0.2, 0.25) is 0 Å². The molecule has 144 valence electrons. The van der Waals surface area contributed by atoms with Gasteiger partial charge in [-0.15, -0.1) is 24.0 Å². The van der Waals surface area contributed by atoms with Crippen LogP contribution in [-0.2, 0) is 11.3 Å². The normalized spacial score (nSPS) is 11.2. The predicted octanol–water partition coefficient (Wildman–Crippen LogP) is 3.82. The van der Waals surface area contributed by atoms with Gasteiger partial charge in [-0.25, -0.2) is 0 Å². The highest BCUT2D eigenvalue weighted by Crippen LogP contribution is 2.13. The fraction of sp³-hybridized carbons (Fsp3) is 0.632. The second-order valence-corrected chi connectivity index (χ2v) is 6.11. The van der Waals surface area contributed by atoms with Gasteiger partial charge in [0.25, 0.3) is 0 Å². The minimum Gasteiger partial charge on any atom is -0.493 e. The van der Waals surface area contributed by atoms with Crippen molar-refractivity contribution >= 4 is 29.9 Å². The van der Waals surface area contributed by atoms with Gasteiger partial charge in [0.15, 0.2) is 5.96 Å². The molecule has 0 saturated heterocycles. The van der Waals surface area contributed by atoms with Crippen LogP contribution in [0.2, 0.25) is 0 Å². The second kappa shape index (κ2) is 15.3. The number of aliphatic imine (C=N–C) groups is 1. The number of halogens is 1. The van der Waals surface area contributed by atoms with E-state index in [1.165, 1.54) is 5.56 Å². The van der Waals surface area contributed by atoms with Crippen molar-refractivity contribution in [2.24, 2.45) is 10.9 Å². The highest BCUT2D eigenvalue weighted by molar-refractivity contribution is 14.0. The molecule has 5 nitrogen and oxygen atoms in total. The Hall–Kier alpha value is -1.02. The van der Waals surface area contributed by atoms with E-state index in [0.717, 1.165) is 57.5 Å². The lowest BCUT2D eigenvalue weighted by Gasteiger charge is -2.13. The summed E-state index contributed by atoms with van der Waals surface area (Å²) in [6, 6.07) is 8.20. The molecule has 0 saturated carbocycles. The molecule has 0 aromatic heterocycles. The van der Waals surface area contributed by atoms with Crippen LogP contribution in [-0.4, -0.2) is 39.4 Å². The lowest BCUT2D eigenvalue weighted by atomic mass is 10.2. The van der Waals surface area contributed by atoms with E-state index in [0.29, 0.717) is 5.92 Å². The maximum atomic E-state index is 5.70. The summed E-state index contributed by atoms with van der Waals surface area (Å²) in [6.45, 7) is 10.3. The summed E-state index contributed by atoms with van der Waals surface area (Å²) in [6.07, 6.45) is 2.14. The van der Waals surface area contributed by atoms with Crippen molar-refractivity contribution < 1.29 is 9.47 Å². The molecule has 1 aromatic carbocycles. The minimum absolute atomic E-state index is 0. The van der Waals surface area contributed by atoms with Crippen LogP contribution >= 0.6 is 24.0 Å². The molecule has 0 aliphatic rings. The molecular weight excluding hydrogens is 429 g/mol. The van der Waals surface area contributed by atoms with Crippen molar-refractivity contribution in [1.29, 1.82) is 0 Å². The molecule has 0 unspecified atom stereocenters. The van der Waals surface area contributed by atoms with Crippen LogP contribution in [0.3, 0.4) is 0 Å². The van der Waals surface area contributed by atoms with Gasteiger partial charge in [-0.2, -0.15) is 0 Å². The second-order valence-electron chi connectivity index (χ2n) is 6.11. The molecule has 0 aliphatic carbocycles. The topological polar surface area (TPSA) is 54.9 Å². The predicted molar refractivity (Wildman–Crippen MR) is 116 cm³/mol. The quantitative estimate of drug-likeness (QED) is 0.227. The van der Waals surface area contributed by atoms with Crippen molar-refractivity contribution in [1.82, 2.24) is 10.6 Å². The number of nitrogens with zero attached hydrogens (tertiary/aromatic N) is 1. The van der Waals surface area contributed by atoms with Crippen LogP contribution < -0.4 is 15.4 Å². The molecule has 0 fully saturated rings. The summed E-state index contributed by atoms with van der Waals surface area (Å²) in [5.41, 5.74) is 1.20. The standard InChI is InChI=1S/C19H33N3O2.HI/c1-5-23-13-7-6-12-21-19(20-4)22-14-17-8-10-18(11-9-17)24-15-16(2)3;/h8-11,16H,5-7,12-15H2,1-4H3,(H2,20,21,22);1H. The molecule has 2 N–H and O–H groups in total. The van der Waals surface area contributed by atoms with Gasteiger partial charge in [0.1, 0.15) is 5.75 Å². The van der Waals surface area contributed by atoms with Crippen molar-refractivity contribution in [3.8, 4) is 5.75 Å². The molecule has 6 heteroatoms. The van der Waals surface area contributed by atoms with Gasteiger partial charge < -0.3 is 20.1 Å². The first kappa shape index (κ1) is 24.0. The molecule has 1 aromatic rings. The van der Waals surface area contributed by atoms with Crippen LogP contribution in [0.5, 0.6) is 5.75 Å². The SMILES string of the molecule is CCOCCCCNC(=NC)NCc1ccc(OCC(C)C)cc1.I. The Bertz CT molecular complexity index is 464. The van der Waals surface area contributed by atoms with E-state index in [1.54, 1.807) is 7.05 Å². The van der Waals surface area contributed by atoms with Gasteiger partial charge in [-0.3, -0.25) is 4.99 Å². The van der Waals surface area contributed by atoms with Crippen LogP contribution in [0.4, 0.5) is 0 Å². The monoisotopic (exact) mass is 463 g/mol. The Kier molecular flexibility index (Phi) is 14.6. The van der Waals surface area contributed by atoms with Crippen LogP contribution in [0.15, 0.2) is 29.3 Å². The van der Waals surface area contributed by atoms with Gasteiger partial charge in [0, 0.05) is 33.4 Å². The number of guanidine groups is 1. The van der Waals surface area contributed by atoms with Crippen molar-refractivity contribution in [3.63, 3.8) is 0 Å². The Morgan fingerprint density at radius 2 is 1.84 bits per heavy atom. The summed E-state index contributed by atoms with van der Waals surface area (Å²) in [7, 11) is 1.79. The molecule has 0 radical (unpaired) electrons. The van der Waals surface area contributed by atoms with E-state index in [1.807, 2.05) is 19.1 Å². The molecule has 25 heavy (non-hydrogen) atoms. The van der Waals surface area contributed by atoms with E-state index in [-0.39, 0.29) is 24.0 Å². The Balaban J connectivity index is 0.00000576. The molecule has 0 heterocycles. The number of hydrogen-bond donors (Lipinski definition) is 2. The zero-order valence-electron chi connectivity index (χ0n) is 16.0. The number of rotatable bonds is 11. The first-order chi connectivity index (χ1) is 11.7. The zero-order chi connectivity index (χ0) is 17.6. The molecule has 0 atom stereocenters. The molecule has 0 aliphatic heterocycles. The van der Waals surface area contributed by atoms with Crippen molar-refractivity contribution in [2.45, 2.75) is 40.2 Å². The van der Waals surface area contributed by atoms with Crippen LogP contribution in [0, 0.1) is 5.92 Å². The molecule has 1 rings (SSSR count). The summed E-state index contributed by atoms with van der Waals surface area (Å²) in [4.78, 5) is 4.24. The molecular formula is C19H34IN3O2. The zero-order valence-corrected chi connectivity index (χ0v) is 18.3. The van der Waals surface area contributed by atoms with Crippen LogP contribution in [0.25, 0.3) is 0 Å². The summed E-state index contributed by atoms with van der Waals surface area (Å²) in [5.74, 6) is 2.28. The fourth-order valence-electron chi connectivity index (χ4n) is 2.05. The molecule has 0 bridgehead atoms. The third-order valence-electron chi connectivity index (χ3n) is 3.40. The molecule has 0 spiro atoms. The summed E-state index contributed by atoms with van der Waals surface area (Å²) >= 11 is 0. The van der Waals surface area contributed by atoms with Gasteiger partial charge in [0.05, 0.1) is 6.61 Å². The van der Waals surface area contributed by atoms with E-state index in [4.69, 9.17) is 9.47 Å². The highest BCUT2D eigenvalue weighted by Gasteiger charge is 2.00. The Morgan fingerprint density at radius 3 is 2.44 bits per heavy atom. The first-order valence-electron chi connectivity index (χ1n) is 8.89. The number of nitrogens with one attached hydrogen (secondary N) is 2. The average molecular weight is 463 g/mol. The first-order valence-corrected chi connectivity index (χ1v) is 8.89. The van der Waals surface area contributed by atoms with Gasteiger partial charge in [-0.1, -0.05) is 26.0 Å². The number of hydrogen-bond acceptors (Lipinski definition) is 3.